The molecule has 142 valence electrons. The van der Waals surface area contributed by atoms with E-state index in [0.717, 1.165) is 17.7 Å². The van der Waals surface area contributed by atoms with Gasteiger partial charge in [-0.15, -0.1) is 0 Å². The van der Waals surface area contributed by atoms with Crippen LogP contribution >= 0.6 is 0 Å². The highest BCUT2D eigenvalue weighted by Crippen LogP contribution is 2.30. The van der Waals surface area contributed by atoms with Crippen LogP contribution < -0.4 is 19.6 Å². The topological polar surface area (TPSA) is 69.2 Å². The zero-order chi connectivity index (χ0) is 18.9. The second-order valence-electron chi connectivity index (χ2n) is 6.23. The van der Waals surface area contributed by atoms with E-state index in [1.807, 2.05) is 42.5 Å². The number of benzene rings is 2. The lowest BCUT2D eigenvalue weighted by Gasteiger charge is -2.18. The van der Waals surface area contributed by atoms with Crippen LogP contribution in [0.25, 0.3) is 0 Å². The maximum absolute atomic E-state index is 11.9. The lowest BCUT2D eigenvalue weighted by Crippen LogP contribution is -2.24. The van der Waals surface area contributed by atoms with Crippen molar-refractivity contribution in [2.75, 3.05) is 19.8 Å². The summed E-state index contributed by atoms with van der Waals surface area (Å²) in [6, 6.07) is 13.3. The molecule has 1 N–H and O–H groups in total. The monoisotopic (exact) mass is 368 g/mol. The van der Waals surface area contributed by atoms with Gasteiger partial charge in [-0.05, 0) is 54.3 Å². The second-order valence-corrected chi connectivity index (χ2v) is 6.23. The van der Waals surface area contributed by atoms with E-state index in [9.17, 15) is 4.79 Å². The van der Waals surface area contributed by atoms with Crippen LogP contribution in [0, 0.1) is 0 Å². The summed E-state index contributed by atoms with van der Waals surface area (Å²) in [6.45, 7) is 3.17. The molecule has 0 fully saturated rings. The van der Waals surface area contributed by atoms with Gasteiger partial charge in [-0.1, -0.05) is 25.5 Å². The smallest absolute Gasteiger partial charge is 0.277 e. The maximum Gasteiger partial charge on any atom is 0.277 e. The fourth-order valence-electron chi connectivity index (χ4n) is 2.63. The van der Waals surface area contributed by atoms with Gasteiger partial charge in [-0.25, -0.2) is 5.43 Å². The summed E-state index contributed by atoms with van der Waals surface area (Å²) in [4.78, 5) is 11.9. The molecule has 1 aliphatic rings. The molecule has 1 amide bonds. The molecule has 1 heterocycles. The molecular weight excluding hydrogens is 344 g/mol. The fourth-order valence-corrected chi connectivity index (χ4v) is 2.63. The standard InChI is InChI=1S/C21H24N2O4/c1-2-3-4-16-5-8-18(9-6-16)27-15-21(24)23-22-14-17-7-10-19-20(13-17)26-12-11-25-19/h5-10,13-14H,2-4,11-12,15H2,1H3,(H,23,24). The molecule has 3 rings (SSSR count). The molecule has 0 bridgehead atoms. The number of unbranched alkanes of at least 4 members (excludes halogenated alkanes) is 1. The molecule has 0 aliphatic carbocycles. The van der Waals surface area contributed by atoms with Crippen molar-refractivity contribution in [2.24, 2.45) is 5.10 Å². The van der Waals surface area contributed by atoms with Crippen LogP contribution in [0.1, 0.15) is 30.9 Å². The van der Waals surface area contributed by atoms with Gasteiger partial charge in [0, 0.05) is 0 Å². The van der Waals surface area contributed by atoms with E-state index in [2.05, 4.69) is 17.5 Å². The number of carbonyl (C=O) groups excluding carboxylic acids is 1. The van der Waals surface area contributed by atoms with Crippen LogP contribution in [0.2, 0.25) is 0 Å². The molecule has 2 aromatic carbocycles. The van der Waals surface area contributed by atoms with E-state index < -0.39 is 0 Å². The zero-order valence-corrected chi connectivity index (χ0v) is 15.4. The number of carbonyl (C=O) groups is 1. The van der Waals surface area contributed by atoms with Gasteiger partial charge in [0.15, 0.2) is 18.1 Å². The number of amides is 1. The van der Waals surface area contributed by atoms with Crippen molar-refractivity contribution in [2.45, 2.75) is 26.2 Å². The van der Waals surface area contributed by atoms with Gasteiger partial charge < -0.3 is 14.2 Å². The SMILES string of the molecule is CCCCc1ccc(OCC(=O)NN=Cc2ccc3c(c2)OCCO3)cc1. The quantitative estimate of drug-likeness (QED) is 0.573. The summed E-state index contributed by atoms with van der Waals surface area (Å²) >= 11 is 0. The highest BCUT2D eigenvalue weighted by atomic mass is 16.6. The third kappa shape index (κ3) is 5.74. The first kappa shape index (κ1) is 18.8. The Morgan fingerprint density at radius 1 is 1.15 bits per heavy atom. The summed E-state index contributed by atoms with van der Waals surface area (Å²) in [5, 5.41) is 3.95. The number of ether oxygens (including phenoxy) is 3. The van der Waals surface area contributed by atoms with Crippen LogP contribution in [-0.2, 0) is 11.2 Å². The zero-order valence-electron chi connectivity index (χ0n) is 15.4. The molecule has 6 heteroatoms. The van der Waals surface area contributed by atoms with Gasteiger partial charge in [0.2, 0.25) is 0 Å². The number of aryl methyl sites for hydroxylation is 1. The van der Waals surface area contributed by atoms with E-state index in [1.165, 1.54) is 18.4 Å². The summed E-state index contributed by atoms with van der Waals surface area (Å²) < 4.78 is 16.5. The summed E-state index contributed by atoms with van der Waals surface area (Å²) in [5.74, 6) is 1.75. The third-order valence-corrected chi connectivity index (χ3v) is 4.08. The van der Waals surface area contributed by atoms with Gasteiger partial charge in [-0.2, -0.15) is 5.10 Å². The average Bonchev–Trinajstić information content (AvgIpc) is 2.71. The Hall–Kier alpha value is -3.02. The number of hydrazone groups is 1. The Morgan fingerprint density at radius 2 is 1.93 bits per heavy atom. The Kier molecular flexibility index (Phi) is 6.68. The second kappa shape index (κ2) is 9.62. The van der Waals surface area contributed by atoms with Crippen molar-refractivity contribution in [3.05, 3.63) is 53.6 Å². The predicted octanol–water partition coefficient (Wildman–Crippen LogP) is 3.33. The van der Waals surface area contributed by atoms with Crippen LogP contribution in [0.4, 0.5) is 0 Å². The predicted molar refractivity (Wildman–Crippen MR) is 104 cm³/mol. The molecule has 0 radical (unpaired) electrons. The summed E-state index contributed by atoms with van der Waals surface area (Å²) in [6.07, 6.45) is 4.96. The normalized spacial score (nSPS) is 12.8. The lowest BCUT2D eigenvalue weighted by atomic mass is 10.1. The molecule has 6 nitrogen and oxygen atoms in total. The molecule has 0 unspecified atom stereocenters. The molecule has 1 aliphatic heterocycles. The van der Waals surface area contributed by atoms with Crippen molar-refractivity contribution in [3.8, 4) is 17.2 Å². The fraction of sp³-hybridized carbons (Fsp3) is 0.333. The van der Waals surface area contributed by atoms with Crippen LogP contribution in [0.3, 0.4) is 0 Å². The van der Waals surface area contributed by atoms with Crippen molar-refractivity contribution in [3.63, 3.8) is 0 Å². The van der Waals surface area contributed by atoms with Crippen molar-refractivity contribution in [1.29, 1.82) is 0 Å². The van der Waals surface area contributed by atoms with Gasteiger partial charge in [0.1, 0.15) is 19.0 Å². The number of nitrogens with one attached hydrogen (secondary N) is 1. The number of rotatable bonds is 8. The van der Waals surface area contributed by atoms with E-state index in [1.54, 1.807) is 6.21 Å². The van der Waals surface area contributed by atoms with Gasteiger partial charge in [0.25, 0.3) is 5.91 Å². The van der Waals surface area contributed by atoms with Gasteiger partial charge in [0.05, 0.1) is 6.21 Å². The van der Waals surface area contributed by atoms with Crippen LogP contribution in [0.5, 0.6) is 17.2 Å². The Bertz CT molecular complexity index is 787. The number of hydrogen-bond acceptors (Lipinski definition) is 5. The minimum absolute atomic E-state index is 0.0905. The molecule has 0 atom stereocenters. The first-order valence-electron chi connectivity index (χ1n) is 9.18. The lowest BCUT2D eigenvalue weighted by molar-refractivity contribution is -0.123. The minimum atomic E-state index is -0.321. The Morgan fingerprint density at radius 3 is 2.70 bits per heavy atom. The summed E-state index contributed by atoms with van der Waals surface area (Å²) in [5.41, 5.74) is 4.54. The van der Waals surface area contributed by atoms with Crippen molar-refractivity contribution in [1.82, 2.24) is 5.43 Å². The van der Waals surface area contributed by atoms with Gasteiger partial charge in [-0.3, -0.25) is 4.79 Å². The van der Waals surface area contributed by atoms with E-state index in [4.69, 9.17) is 14.2 Å². The van der Waals surface area contributed by atoms with E-state index in [0.29, 0.717) is 24.7 Å². The largest absolute Gasteiger partial charge is 0.486 e. The molecular formula is C21H24N2O4. The number of fused-ring (bicyclic) bond motifs is 1. The average molecular weight is 368 g/mol. The van der Waals surface area contributed by atoms with Gasteiger partial charge >= 0.3 is 0 Å². The molecule has 27 heavy (non-hydrogen) atoms. The number of hydrogen-bond donors (Lipinski definition) is 1. The maximum atomic E-state index is 11.9. The molecule has 0 saturated heterocycles. The minimum Gasteiger partial charge on any atom is -0.486 e. The van der Waals surface area contributed by atoms with Crippen molar-refractivity contribution < 1.29 is 19.0 Å². The summed E-state index contributed by atoms with van der Waals surface area (Å²) in [7, 11) is 0. The molecule has 0 spiro atoms. The highest BCUT2D eigenvalue weighted by Gasteiger charge is 2.11. The molecule has 0 saturated carbocycles. The molecule has 0 aromatic heterocycles. The van der Waals surface area contributed by atoms with Crippen LogP contribution in [-0.4, -0.2) is 31.9 Å². The molecule has 2 aromatic rings. The number of nitrogens with zero attached hydrogens (tertiary/aromatic N) is 1. The van der Waals surface area contributed by atoms with E-state index in [-0.39, 0.29) is 12.5 Å². The Labute approximate surface area is 159 Å². The Balaban J connectivity index is 1.43. The van der Waals surface area contributed by atoms with Crippen molar-refractivity contribution >= 4 is 12.1 Å². The third-order valence-electron chi connectivity index (χ3n) is 4.08. The highest BCUT2D eigenvalue weighted by molar-refractivity contribution is 5.83. The van der Waals surface area contributed by atoms with E-state index >= 15 is 0 Å². The first-order chi connectivity index (χ1) is 13.2. The first-order valence-corrected chi connectivity index (χ1v) is 9.18. The van der Waals surface area contributed by atoms with Crippen LogP contribution in [0.15, 0.2) is 47.6 Å².